The van der Waals surface area contributed by atoms with Gasteiger partial charge in [0.1, 0.15) is 0 Å². The maximum atomic E-state index is 4.70. The number of nitrogens with zero attached hydrogens (tertiary/aromatic N) is 2. The molecule has 0 aliphatic heterocycles. The molecule has 0 amide bonds. The first kappa shape index (κ1) is 3.65. The number of hydrogen-bond acceptors (Lipinski definition) is 3. The van der Waals surface area contributed by atoms with Gasteiger partial charge in [-0.3, -0.25) is 0 Å². The van der Waals surface area contributed by atoms with Gasteiger partial charge in [-0.15, -0.1) is 0 Å². The molecule has 8 heavy (non-hydrogen) atoms. The third-order valence-electron chi connectivity index (χ3n) is 0.885. The van der Waals surface area contributed by atoms with Crippen molar-refractivity contribution in [3.8, 4) is 0 Å². The molecule has 0 unspecified atom stereocenters. The van der Waals surface area contributed by atoms with Crippen LogP contribution in [0.25, 0.3) is 11.4 Å². The van der Waals surface area contributed by atoms with Crippen LogP contribution in [0.2, 0.25) is 0 Å². The highest BCUT2D eigenvalue weighted by atomic mass is 16.3. The number of oxazole rings is 1. The minimum Gasteiger partial charge on any atom is -0.413 e. The lowest BCUT2D eigenvalue weighted by Gasteiger charge is -1.62. The smallest absolute Gasteiger partial charge is 0.287 e. The molecule has 0 aliphatic rings. The van der Waals surface area contributed by atoms with Gasteiger partial charge in [-0.1, -0.05) is 0 Å². The summed E-state index contributed by atoms with van der Waals surface area (Å²) in [7, 11) is 0. The normalized spacial score (nSPS) is 10.5. The van der Waals surface area contributed by atoms with E-state index in [4.69, 9.17) is 4.42 Å². The van der Waals surface area contributed by atoms with Gasteiger partial charge in [0.25, 0.3) is 6.39 Å². The fraction of sp³-hybridized carbons (Fsp3) is 0. The standard InChI is InChI=1S/C4H2N3O/c1-5-3-4(6-1)8-2-7-3/h1H,(H,5,6). The van der Waals surface area contributed by atoms with Gasteiger partial charge in [0.05, 0.1) is 6.33 Å². The molecule has 0 saturated carbocycles. The molecular weight excluding hydrogens is 106 g/mol. The second-order valence-corrected chi connectivity index (χ2v) is 1.36. The Hall–Kier alpha value is -1.32. The van der Waals surface area contributed by atoms with E-state index in [9.17, 15) is 0 Å². The first-order chi connectivity index (χ1) is 3.97. The molecule has 0 fully saturated rings. The van der Waals surface area contributed by atoms with Crippen molar-refractivity contribution in [2.24, 2.45) is 0 Å². The molecule has 0 bridgehead atoms. The number of nitrogens with one attached hydrogen (secondary N) is 1. The van der Waals surface area contributed by atoms with Gasteiger partial charge in [-0.25, -0.2) is 4.98 Å². The Balaban J connectivity index is 3.06. The van der Waals surface area contributed by atoms with Crippen LogP contribution in [0.5, 0.6) is 0 Å². The Morgan fingerprint density at radius 3 is 3.62 bits per heavy atom. The van der Waals surface area contributed by atoms with Crippen LogP contribution < -0.4 is 0 Å². The molecule has 2 rings (SSSR count). The van der Waals surface area contributed by atoms with E-state index in [1.807, 2.05) is 0 Å². The lowest BCUT2D eigenvalue weighted by molar-refractivity contribution is 0.580. The summed E-state index contributed by atoms with van der Waals surface area (Å²) in [5.41, 5.74) is 1.15. The van der Waals surface area contributed by atoms with Gasteiger partial charge in [0.15, 0.2) is 0 Å². The van der Waals surface area contributed by atoms with E-state index < -0.39 is 0 Å². The van der Waals surface area contributed by atoms with E-state index >= 15 is 0 Å². The van der Waals surface area contributed by atoms with E-state index in [-0.39, 0.29) is 0 Å². The highest BCUT2D eigenvalue weighted by molar-refractivity contribution is 5.60. The van der Waals surface area contributed by atoms with Crippen molar-refractivity contribution < 1.29 is 4.42 Å². The summed E-state index contributed by atoms with van der Waals surface area (Å²) in [6.07, 6.45) is 3.82. The maximum absolute atomic E-state index is 4.70. The topological polar surface area (TPSA) is 54.7 Å². The monoisotopic (exact) mass is 108 g/mol. The van der Waals surface area contributed by atoms with Crippen molar-refractivity contribution in [1.29, 1.82) is 0 Å². The predicted octanol–water partition coefficient (Wildman–Crippen LogP) is 0.351. The lowest BCUT2D eigenvalue weighted by atomic mass is 10.8. The van der Waals surface area contributed by atoms with Crippen LogP contribution in [0.3, 0.4) is 0 Å². The molecule has 2 heterocycles. The largest absolute Gasteiger partial charge is 0.413 e. The van der Waals surface area contributed by atoms with Crippen LogP contribution in [-0.4, -0.2) is 15.0 Å². The van der Waals surface area contributed by atoms with E-state index in [2.05, 4.69) is 21.3 Å². The van der Waals surface area contributed by atoms with Crippen LogP contribution in [0, 0.1) is 6.39 Å². The Kier molecular flexibility index (Phi) is 0.498. The average Bonchev–Trinajstić information content (AvgIpc) is 2.15. The summed E-state index contributed by atoms with van der Waals surface area (Å²) < 4.78 is 4.70. The Labute approximate surface area is 44.6 Å². The van der Waals surface area contributed by atoms with Crippen LogP contribution in [0.1, 0.15) is 0 Å². The zero-order valence-corrected chi connectivity index (χ0v) is 3.88. The number of H-pyrrole nitrogens is 1. The van der Waals surface area contributed by atoms with Crippen molar-refractivity contribution in [3.63, 3.8) is 0 Å². The fourth-order valence-electron chi connectivity index (χ4n) is 0.542. The summed E-state index contributed by atoms with van der Waals surface area (Å²) in [4.78, 5) is 10.2. The zero-order valence-electron chi connectivity index (χ0n) is 3.88. The minimum atomic E-state index is 0.574. The number of aromatic nitrogens is 3. The van der Waals surface area contributed by atoms with E-state index in [1.54, 1.807) is 0 Å². The highest BCUT2D eigenvalue weighted by Crippen LogP contribution is 2.01. The molecular formula is C4H2N3O. The summed E-state index contributed by atoms with van der Waals surface area (Å²) in [5, 5.41) is 0. The SMILES string of the molecule is [c]1nc2nc[nH]c2o1. The predicted molar refractivity (Wildman–Crippen MR) is 25.0 cm³/mol. The van der Waals surface area contributed by atoms with Gasteiger partial charge in [0.2, 0.25) is 11.4 Å². The van der Waals surface area contributed by atoms with Gasteiger partial charge < -0.3 is 9.40 Å². The molecule has 0 aromatic carbocycles. The highest BCUT2D eigenvalue weighted by Gasteiger charge is 1.96. The first-order valence-corrected chi connectivity index (χ1v) is 2.13. The number of imidazole rings is 1. The molecule has 0 aliphatic carbocycles. The number of rotatable bonds is 0. The molecule has 2 aromatic heterocycles. The van der Waals surface area contributed by atoms with Crippen LogP contribution in [0.4, 0.5) is 0 Å². The molecule has 1 radical (unpaired) electrons. The van der Waals surface area contributed by atoms with Gasteiger partial charge in [-0.05, 0) is 0 Å². The fourth-order valence-corrected chi connectivity index (χ4v) is 0.542. The molecule has 39 valence electrons. The minimum absolute atomic E-state index is 0.574. The second kappa shape index (κ2) is 1.09. The van der Waals surface area contributed by atoms with Gasteiger partial charge in [-0.2, -0.15) is 4.98 Å². The summed E-state index contributed by atoms with van der Waals surface area (Å²) in [5.74, 6) is 0. The maximum Gasteiger partial charge on any atom is 0.287 e. The Bertz CT molecular complexity index is 233. The molecule has 0 atom stereocenters. The lowest BCUT2D eigenvalue weighted by Crippen LogP contribution is -1.59. The molecule has 0 spiro atoms. The summed E-state index contributed by atoms with van der Waals surface area (Å²) in [6.45, 7) is 0. The molecule has 4 heteroatoms. The first-order valence-electron chi connectivity index (χ1n) is 2.13. The van der Waals surface area contributed by atoms with E-state index in [0.717, 1.165) is 0 Å². The summed E-state index contributed by atoms with van der Waals surface area (Å²) >= 11 is 0. The van der Waals surface area contributed by atoms with Gasteiger partial charge >= 0.3 is 0 Å². The van der Waals surface area contributed by atoms with Crippen molar-refractivity contribution in [2.45, 2.75) is 0 Å². The number of aromatic amines is 1. The summed E-state index contributed by atoms with van der Waals surface area (Å²) in [6, 6.07) is 0. The van der Waals surface area contributed by atoms with Crippen LogP contribution in [-0.2, 0) is 0 Å². The quantitative estimate of drug-likeness (QED) is 0.529. The molecule has 0 saturated heterocycles. The Morgan fingerprint density at radius 2 is 2.75 bits per heavy atom. The van der Waals surface area contributed by atoms with Crippen molar-refractivity contribution in [2.75, 3.05) is 0 Å². The van der Waals surface area contributed by atoms with E-state index in [1.165, 1.54) is 6.33 Å². The van der Waals surface area contributed by atoms with Gasteiger partial charge in [0, 0.05) is 0 Å². The average molecular weight is 108 g/mol. The zero-order chi connectivity index (χ0) is 5.40. The molecule has 2 aromatic rings. The van der Waals surface area contributed by atoms with Crippen molar-refractivity contribution in [3.05, 3.63) is 12.7 Å². The second-order valence-electron chi connectivity index (χ2n) is 1.36. The van der Waals surface area contributed by atoms with E-state index in [0.29, 0.717) is 11.4 Å². The third-order valence-corrected chi connectivity index (χ3v) is 0.885. The van der Waals surface area contributed by atoms with Crippen molar-refractivity contribution >= 4 is 11.4 Å². The Morgan fingerprint density at radius 1 is 1.75 bits per heavy atom. The third kappa shape index (κ3) is 0.294. The molecule has 4 nitrogen and oxygen atoms in total. The number of hydrogen-bond donors (Lipinski definition) is 1. The molecule has 1 N–H and O–H groups in total. The number of fused-ring (bicyclic) bond motifs is 1. The van der Waals surface area contributed by atoms with Crippen molar-refractivity contribution in [1.82, 2.24) is 15.0 Å². The van der Waals surface area contributed by atoms with Crippen LogP contribution >= 0.6 is 0 Å². The van der Waals surface area contributed by atoms with Crippen LogP contribution in [0.15, 0.2) is 10.7 Å².